The van der Waals surface area contributed by atoms with Gasteiger partial charge in [0.15, 0.2) is 18.1 Å². The zero-order valence-corrected chi connectivity index (χ0v) is 15.9. The van der Waals surface area contributed by atoms with Gasteiger partial charge in [-0.2, -0.15) is 5.26 Å². The van der Waals surface area contributed by atoms with E-state index in [0.29, 0.717) is 18.0 Å². The largest absolute Gasteiger partial charge is 0.493 e. The fourth-order valence-corrected chi connectivity index (χ4v) is 2.63. The second-order valence-corrected chi connectivity index (χ2v) is 6.04. The molecule has 146 valence electrons. The van der Waals surface area contributed by atoms with Crippen LogP contribution in [0.4, 0.5) is 0 Å². The molecule has 0 radical (unpaired) electrons. The van der Waals surface area contributed by atoms with E-state index in [1.807, 2.05) is 41.1 Å². The molecule has 0 bridgehead atoms. The molecule has 0 saturated heterocycles. The number of nitriles is 1. The molecule has 0 fully saturated rings. The van der Waals surface area contributed by atoms with Crippen molar-refractivity contribution >= 4 is 12.0 Å². The highest BCUT2D eigenvalue weighted by Crippen LogP contribution is 2.28. The molecule has 1 aromatic heterocycles. The van der Waals surface area contributed by atoms with E-state index >= 15 is 0 Å². The Morgan fingerprint density at radius 2 is 2.07 bits per heavy atom. The van der Waals surface area contributed by atoms with Crippen LogP contribution in [0.5, 0.6) is 11.5 Å². The average molecular weight is 388 g/mol. The predicted molar refractivity (Wildman–Crippen MR) is 109 cm³/mol. The summed E-state index contributed by atoms with van der Waals surface area (Å²) >= 11 is 0. The van der Waals surface area contributed by atoms with Crippen LogP contribution >= 0.6 is 0 Å². The van der Waals surface area contributed by atoms with Crippen molar-refractivity contribution in [2.45, 2.75) is 6.54 Å². The molecule has 1 heterocycles. The van der Waals surface area contributed by atoms with Crippen molar-refractivity contribution in [3.05, 3.63) is 78.4 Å². The van der Waals surface area contributed by atoms with Crippen molar-refractivity contribution < 1.29 is 14.3 Å². The molecule has 0 saturated carbocycles. The molecule has 0 aliphatic carbocycles. The molecule has 1 N–H and O–H groups in total. The van der Waals surface area contributed by atoms with Gasteiger partial charge in [0.2, 0.25) is 5.91 Å². The van der Waals surface area contributed by atoms with Crippen LogP contribution in [0, 0.1) is 11.3 Å². The van der Waals surface area contributed by atoms with Crippen molar-refractivity contribution in [2.75, 3.05) is 13.7 Å². The van der Waals surface area contributed by atoms with Gasteiger partial charge < -0.3 is 19.4 Å². The number of imidazole rings is 1. The summed E-state index contributed by atoms with van der Waals surface area (Å²) in [7, 11) is 1.52. The molecule has 1 amide bonds. The molecule has 0 aliphatic heterocycles. The molecule has 2 aromatic carbocycles. The van der Waals surface area contributed by atoms with E-state index in [4.69, 9.17) is 14.7 Å². The minimum atomic E-state index is -0.201. The predicted octanol–water partition coefficient (Wildman–Crippen LogP) is 3.11. The number of aromatic nitrogens is 2. The number of rotatable bonds is 8. The molecule has 7 heteroatoms. The van der Waals surface area contributed by atoms with Gasteiger partial charge >= 0.3 is 0 Å². The molecular formula is C22H20N4O3. The van der Waals surface area contributed by atoms with Crippen LogP contribution in [-0.4, -0.2) is 29.2 Å². The Balaban J connectivity index is 1.55. The Morgan fingerprint density at radius 1 is 1.24 bits per heavy atom. The summed E-state index contributed by atoms with van der Waals surface area (Å²) in [5.41, 5.74) is 2.79. The average Bonchev–Trinajstić information content (AvgIpc) is 3.30. The van der Waals surface area contributed by atoms with Gasteiger partial charge in [-0.1, -0.05) is 18.2 Å². The summed E-state index contributed by atoms with van der Waals surface area (Å²) in [6.07, 6.45) is 8.49. The molecule has 0 aliphatic rings. The van der Waals surface area contributed by atoms with E-state index in [9.17, 15) is 4.79 Å². The summed E-state index contributed by atoms with van der Waals surface area (Å²) in [5.74, 6) is 0.781. The number of amides is 1. The summed E-state index contributed by atoms with van der Waals surface area (Å²) in [4.78, 5) is 16.1. The van der Waals surface area contributed by atoms with Crippen LogP contribution in [0.15, 0.2) is 67.3 Å². The van der Waals surface area contributed by atoms with Gasteiger partial charge in [0.05, 0.1) is 13.4 Å². The maximum Gasteiger partial charge on any atom is 0.244 e. The Morgan fingerprint density at radius 3 is 2.76 bits per heavy atom. The number of hydrogen-bond acceptors (Lipinski definition) is 5. The third-order valence-corrected chi connectivity index (χ3v) is 4.11. The molecule has 3 rings (SSSR count). The minimum Gasteiger partial charge on any atom is -0.493 e. The quantitative estimate of drug-likeness (QED) is 0.599. The van der Waals surface area contributed by atoms with E-state index in [-0.39, 0.29) is 12.5 Å². The van der Waals surface area contributed by atoms with Crippen LogP contribution in [0.3, 0.4) is 0 Å². The minimum absolute atomic E-state index is 0.0583. The van der Waals surface area contributed by atoms with Crippen LogP contribution in [0.1, 0.15) is 11.1 Å². The van der Waals surface area contributed by atoms with Gasteiger partial charge in [0.1, 0.15) is 6.07 Å². The standard InChI is InChI=1S/C22H20N4O3/c1-28-21-14-17(4-8-20(21)29-13-10-23)5-9-22(27)25-15-18-2-6-19(7-3-18)26-12-11-24-16-26/h2-9,11-12,14,16H,13,15H2,1H3,(H,25,27)/b9-5+. The molecular weight excluding hydrogens is 368 g/mol. The Labute approximate surface area is 168 Å². The van der Waals surface area contributed by atoms with Gasteiger partial charge in [-0.05, 0) is 41.5 Å². The van der Waals surface area contributed by atoms with E-state index in [1.165, 1.54) is 13.2 Å². The highest BCUT2D eigenvalue weighted by molar-refractivity contribution is 5.91. The van der Waals surface area contributed by atoms with Crippen molar-refractivity contribution in [3.8, 4) is 23.3 Å². The summed E-state index contributed by atoms with van der Waals surface area (Å²) in [6, 6.07) is 15.0. The first kappa shape index (κ1) is 19.7. The number of carbonyl (C=O) groups excluding carboxylic acids is 1. The van der Waals surface area contributed by atoms with E-state index in [0.717, 1.165) is 16.8 Å². The molecule has 7 nitrogen and oxygen atoms in total. The number of nitrogens with zero attached hydrogens (tertiary/aromatic N) is 3. The van der Waals surface area contributed by atoms with Crippen LogP contribution in [0.2, 0.25) is 0 Å². The van der Waals surface area contributed by atoms with E-state index in [1.54, 1.807) is 36.8 Å². The SMILES string of the molecule is COc1cc(/C=C/C(=O)NCc2ccc(-n3ccnc3)cc2)ccc1OCC#N. The van der Waals surface area contributed by atoms with Crippen LogP contribution in [0.25, 0.3) is 11.8 Å². The lowest BCUT2D eigenvalue weighted by Gasteiger charge is -2.09. The number of ether oxygens (including phenoxy) is 2. The topological polar surface area (TPSA) is 89.2 Å². The fourth-order valence-electron chi connectivity index (χ4n) is 2.63. The molecule has 0 unspecified atom stereocenters. The lowest BCUT2D eigenvalue weighted by atomic mass is 10.2. The molecule has 0 spiro atoms. The van der Waals surface area contributed by atoms with Crippen molar-refractivity contribution in [1.82, 2.24) is 14.9 Å². The first-order chi connectivity index (χ1) is 14.2. The number of hydrogen-bond donors (Lipinski definition) is 1. The zero-order chi connectivity index (χ0) is 20.5. The monoisotopic (exact) mass is 388 g/mol. The molecule has 0 atom stereocenters. The Hall–Kier alpha value is -4.05. The smallest absolute Gasteiger partial charge is 0.244 e. The zero-order valence-electron chi connectivity index (χ0n) is 15.9. The van der Waals surface area contributed by atoms with E-state index < -0.39 is 0 Å². The highest BCUT2D eigenvalue weighted by Gasteiger charge is 2.05. The second kappa shape index (κ2) is 9.76. The Kier molecular flexibility index (Phi) is 6.63. The van der Waals surface area contributed by atoms with Gasteiger partial charge in [-0.3, -0.25) is 4.79 Å². The second-order valence-electron chi connectivity index (χ2n) is 6.04. The maximum absolute atomic E-state index is 12.1. The normalized spacial score (nSPS) is 10.5. The number of methoxy groups -OCH3 is 1. The lowest BCUT2D eigenvalue weighted by Crippen LogP contribution is -2.20. The van der Waals surface area contributed by atoms with Crippen LogP contribution < -0.4 is 14.8 Å². The number of benzene rings is 2. The van der Waals surface area contributed by atoms with Gasteiger partial charge in [-0.25, -0.2) is 4.98 Å². The number of nitrogens with one attached hydrogen (secondary N) is 1. The molecule has 29 heavy (non-hydrogen) atoms. The van der Waals surface area contributed by atoms with Gasteiger partial charge in [0.25, 0.3) is 0 Å². The summed E-state index contributed by atoms with van der Waals surface area (Å²) < 4.78 is 12.5. The van der Waals surface area contributed by atoms with Gasteiger partial charge in [-0.15, -0.1) is 0 Å². The summed E-state index contributed by atoms with van der Waals surface area (Å²) in [5, 5.41) is 11.5. The lowest BCUT2D eigenvalue weighted by molar-refractivity contribution is -0.116. The van der Waals surface area contributed by atoms with Crippen molar-refractivity contribution in [3.63, 3.8) is 0 Å². The van der Waals surface area contributed by atoms with Crippen molar-refractivity contribution in [1.29, 1.82) is 5.26 Å². The van der Waals surface area contributed by atoms with Crippen molar-refractivity contribution in [2.24, 2.45) is 0 Å². The first-order valence-corrected chi connectivity index (χ1v) is 8.90. The van der Waals surface area contributed by atoms with Gasteiger partial charge in [0, 0.05) is 30.7 Å². The highest BCUT2D eigenvalue weighted by atomic mass is 16.5. The fraction of sp³-hybridized carbons (Fsp3) is 0.136. The first-order valence-electron chi connectivity index (χ1n) is 8.90. The number of carbonyl (C=O) groups is 1. The maximum atomic E-state index is 12.1. The van der Waals surface area contributed by atoms with E-state index in [2.05, 4.69) is 10.3 Å². The molecule has 3 aromatic rings. The third-order valence-electron chi connectivity index (χ3n) is 4.11. The third kappa shape index (κ3) is 5.47. The summed E-state index contributed by atoms with van der Waals surface area (Å²) in [6.45, 7) is 0.370. The van der Waals surface area contributed by atoms with Crippen LogP contribution in [-0.2, 0) is 11.3 Å². The Bertz CT molecular complexity index is 1020.